The van der Waals surface area contributed by atoms with Crippen molar-refractivity contribution in [2.24, 2.45) is 0 Å². The Balaban J connectivity index is -0.0000000312. The quantitative estimate of drug-likeness (QED) is 0.308. The SMILES string of the molecule is [Cl-].[Cl-].[Li+].[Y+3].c1cc[cH-]c1. The molecular weight excluding hydrogens is 227 g/mol. The molecule has 0 fully saturated rings. The second-order valence-electron chi connectivity index (χ2n) is 0.962. The van der Waals surface area contributed by atoms with E-state index in [0.717, 1.165) is 0 Å². The second kappa shape index (κ2) is 16.3. The summed E-state index contributed by atoms with van der Waals surface area (Å²) in [4.78, 5) is 0. The van der Waals surface area contributed by atoms with Crippen LogP contribution >= 0.6 is 0 Å². The van der Waals surface area contributed by atoms with E-state index in [-0.39, 0.29) is 76.4 Å². The molecule has 9 heavy (non-hydrogen) atoms. The molecule has 0 heterocycles. The van der Waals surface area contributed by atoms with E-state index in [1.807, 2.05) is 30.3 Å². The summed E-state index contributed by atoms with van der Waals surface area (Å²) in [5.74, 6) is 0. The Morgan fingerprint density at radius 1 is 0.889 bits per heavy atom. The Morgan fingerprint density at radius 2 is 1.22 bits per heavy atom. The average molecular weight is 232 g/mol. The van der Waals surface area contributed by atoms with E-state index in [0.29, 0.717) is 0 Å². The van der Waals surface area contributed by atoms with E-state index >= 15 is 0 Å². The van der Waals surface area contributed by atoms with Crippen LogP contribution in [0.15, 0.2) is 30.3 Å². The molecule has 0 aliphatic rings. The van der Waals surface area contributed by atoms with Crippen molar-refractivity contribution >= 4 is 0 Å². The fourth-order valence-corrected chi connectivity index (χ4v) is 0.321. The topological polar surface area (TPSA) is 0 Å². The minimum absolute atomic E-state index is 0. The van der Waals surface area contributed by atoms with Crippen LogP contribution in [-0.2, 0) is 32.7 Å². The Labute approximate surface area is 105 Å². The van der Waals surface area contributed by atoms with Crippen LogP contribution in [0.3, 0.4) is 0 Å². The molecular formula is C5H5Cl2LiY+. The van der Waals surface area contributed by atoms with Crippen molar-refractivity contribution in [3.63, 3.8) is 0 Å². The van der Waals surface area contributed by atoms with Gasteiger partial charge in [-0.3, -0.25) is 0 Å². The summed E-state index contributed by atoms with van der Waals surface area (Å²) in [6.07, 6.45) is 0. The molecule has 0 aromatic heterocycles. The van der Waals surface area contributed by atoms with Crippen molar-refractivity contribution in [3.05, 3.63) is 30.3 Å². The monoisotopic (exact) mass is 231 g/mol. The number of rotatable bonds is 0. The van der Waals surface area contributed by atoms with Crippen LogP contribution in [0, 0.1) is 0 Å². The van der Waals surface area contributed by atoms with Gasteiger partial charge in [0.05, 0.1) is 0 Å². The van der Waals surface area contributed by atoms with Gasteiger partial charge < -0.3 is 24.8 Å². The van der Waals surface area contributed by atoms with Gasteiger partial charge in [0.1, 0.15) is 0 Å². The van der Waals surface area contributed by atoms with Crippen molar-refractivity contribution in [3.8, 4) is 0 Å². The molecule has 0 nitrogen and oxygen atoms in total. The Hall–Kier alpha value is 1.63. The molecule has 0 aliphatic heterocycles. The van der Waals surface area contributed by atoms with Gasteiger partial charge in [0.2, 0.25) is 0 Å². The first-order valence-corrected chi connectivity index (χ1v) is 1.67. The van der Waals surface area contributed by atoms with E-state index in [1.54, 1.807) is 0 Å². The first-order valence-electron chi connectivity index (χ1n) is 1.67. The normalized spacial score (nSPS) is 4.44. The van der Waals surface area contributed by atoms with Crippen LogP contribution in [0.4, 0.5) is 0 Å². The standard InChI is InChI=1S/C5H5.2ClH.Li.Y/c1-2-4-5-3-1;;;;/h1-5H;2*1H;;/q-1;;;+1;+3/p-2. The van der Waals surface area contributed by atoms with E-state index < -0.39 is 0 Å². The zero-order chi connectivity index (χ0) is 3.54. The Morgan fingerprint density at radius 3 is 1.33 bits per heavy atom. The molecule has 42 valence electrons. The molecule has 0 aliphatic carbocycles. The second-order valence-corrected chi connectivity index (χ2v) is 0.962. The fourth-order valence-electron chi connectivity index (χ4n) is 0.321. The van der Waals surface area contributed by atoms with Crippen LogP contribution in [0.2, 0.25) is 0 Å². The molecule has 0 atom stereocenters. The van der Waals surface area contributed by atoms with Gasteiger partial charge in [-0.15, -0.1) is 0 Å². The van der Waals surface area contributed by atoms with Gasteiger partial charge in [0.25, 0.3) is 0 Å². The smallest absolute Gasteiger partial charge is 1.00 e. The minimum Gasteiger partial charge on any atom is -1.00 e. The Bertz CT molecular complexity index is 71.4. The zero-order valence-electron chi connectivity index (χ0n) is 5.22. The summed E-state index contributed by atoms with van der Waals surface area (Å²) in [6, 6.07) is 10.0. The first kappa shape index (κ1) is 22.4. The number of hydrogen-bond donors (Lipinski definition) is 0. The van der Waals surface area contributed by atoms with Crippen LogP contribution in [-0.4, -0.2) is 0 Å². The third-order valence-electron chi connectivity index (χ3n) is 0.556. The van der Waals surface area contributed by atoms with Gasteiger partial charge in [-0.05, 0) is 0 Å². The van der Waals surface area contributed by atoms with Gasteiger partial charge in [0.15, 0.2) is 0 Å². The minimum atomic E-state index is 0. The Kier molecular flexibility index (Phi) is 40.7. The van der Waals surface area contributed by atoms with Crippen LogP contribution in [0.1, 0.15) is 0 Å². The maximum Gasteiger partial charge on any atom is 3.00 e. The van der Waals surface area contributed by atoms with Crippen LogP contribution < -0.4 is 43.7 Å². The summed E-state index contributed by atoms with van der Waals surface area (Å²) in [5.41, 5.74) is 0. The van der Waals surface area contributed by atoms with Crippen LogP contribution in [0.25, 0.3) is 0 Å². The molecule has 0 radical (unpaired) electrons. The molecule has 0 saturated carbocycles. The summed E-state index contributed by atoms with van der Waals surface area (Å²) in [5, 5.41) is 0. The maximum atomic E-state index is 2.00. The van der Waals surface area contributed by atoms with E-state index in [2.05, 4.69) is 0 Å². The predicted octanol–water partition coefficient (Wildman–Crippen LogP) is -7.59. The third-order valence-corrected chi connectivity index (χ3v) is 0.556. The maximum absolute atomic E-state index is 2.00. The summed E-state index contributed by atoms with van der Waals surface area (Å²) in [6.45, 7) is 0. The van der Waals surface area contributed by atoms with Crippen molar-refractivity contribution in [2.45, 2.75) is 0 Å². The van der Waals surface area contributed by atoms with Crippen molar-refractivity contribution < 1.29 is 76.4 Å². The largest absolute Gasteiger partial charge is 3.00 e. The molecule has 0 amide bonds. The third kappa shape index (κ3) is 12.8. The van der Waals surface area contributed by atoms with E-state index in [4.69, 9.17) is 0 Å². The average Bonchev–Trinajstić information content (AvgIpc) is 1.76. The van der Waals surface area contributed by atoms with Gasteiger partial charge in [-0.2, -0.15) is 18.2 Å². The van der Waals surface area contributed by atoms with Crippen LogP contribution in [0.5, 0.6) is 0 Å². The summed E-state index contributed by atoms with van der Waals surface area (Å²) >= 11 is 0. The molecule has 0 saturated heterocycles. The number of halogens is 2. The first-order chi connectivity index (χ1) is 2.50. The summed E-state index contributed by atoms with van der Waals surface area (Å²) in [7, 11) is 0. The van der Waals surface area contributed by atoms with Gasteiger partial charge in [-0.1, -0.05) is 0 Å². The van der Waals surface area contributed by atoms with Crippen molar-refractivity contribution in [2.75, 3.05) is 0 Å². The zero-order valence-corrected chi connectivity index (χ0v) is 9.57. The molecule has 0 unspecified atom stereocenters. The molecule has 1 aromatic rings. The van der Waals surface area contributed by atoms with E-state index in [1.165, 1.54) is 0 Å². The van der Waals surface area contributed by atoms with Crippen molar-refractivity contribution in [1.29, 1.82) is 0 Å². The molecule has 1 aromatic carbocycles. The van der Waals surface area contributed by atoms with Gasteiger partial charge >= 0.3 is 51.6 Å². The fraction of sp³-hybridized carbons (Fsp3) is 0. The van der Waals surface area contributed by atoms with E-state index in [9.17, 15) is 0 Å². The summed E-state index contributed by atoms with van der Waals surface area (Å²) < 4.78 is 0. The molecule has 1 rings (SSSR count). The van der Waals surface area contributed by atoms with Gasteiger partial charge in [-0.25, -0.2) is 12.1 Å². The predicted molar refractivity (Wildman–Crippen MR) is 22.0 cm³/mol. The van der Waals surface area contributed by atoms with Gasteiger partial charge in [0, 0.05) is 0 Å². The number of hydrogen-bond acceptors (Lipinski definition) is 0. The molecule has 0 bridgehead atoms. The van der Waals surface area contributed by atoms with Crippen molar-refractivity contribution in [1.82, 2.24) is 0 Å². The molecule has 0 spiro atoms. The molecule has 4 heteroatoms. The molecule has 0 N–H and O–H groups in total.